The predicted molar refractivity (Wildman–Crippen MR) is 96.3 cm³/mol. The molecule has 124 valence electrons. The van der Waals surface area contributed by atoms with E-state index in [1.807, 2.05) is 0 Å². The van der Waals surface area contributed by atoms with E-state index in [4.69, 9.17) is 4.65 Å². The van der Waals surface area contributed by atoms with Gasteiger partial charge in [-0.05, 0) is 37.4 Å². The molecule has 1 rings (SSSR count). The second-order valence-corrected chi connectivity index (χ2v) is 7.62. The third-order valence-electron chi connectivity index (χ3n) is 5.26. The second-order valence-electron chi connectivity index (χ2n) is 7.62. The van der Waals surface area contributed by atoms with Crippen molar-refractivity contribution in [3.05, 3.63) is 0 Å². The molecule has 2 atom stereocenters. The van der Waals surface area contributed by atoms with Gasteiger partial charge in [-0.25, -0.2) is 0 Å². The molecule has 0 N–H and O–H groups in total. The van der Waals surface area contributed by atoms with E-state index in [9.17, 15) is 0 Å². The highest BCUT2D eigenvalue weighted by molar-refractivity contribution is 6.28. The lowest BCUT2D eigenvalue weighted by Crippen LogP contribution is -2.24. The van der Waals surface area contributed by atoms with Crippen LogP contribution >= 0.6 is 0 Å². The van der Waals surface area contributed by atoms with Crippen molar-refractivity contribution in [1.29, 1.82) is 0 Å². The fraction of sp³-hybridized carbons (Fsp3) is 1.00. The van der Waals surface area contributed by atoms with Crippen LogP contribution in [0.25, 0.3) is 0 Å². The van der Waals surface area contributed by atoms with Crippen molar-refractivity contribution in [3.8, 4) is 0 Å². The van der Waals surface area contributed by atoms with E-state index in [0.29, 0.717) is 11.5 Å². The highest BCUT2D eigenvalue weighted by Gasteiger charge is 2.29. The van der Waals surface area contributed by atoms with Crippen LogP contribution in [-0.4, -0.2) is 13.6 Å². The van der Waals surface area contributed by atoms with Crippen LogP contribution < -0.4 is 0 Å². The Balaban J connectivity index is 2.31. The molecule has 2 unspecified atom stereocenters. The molecule has 1 heterocycles. The van der Waals surface area contributed by atoms with Gasteiger partial charge in [0.1, 0.15) is 0 Å². The van der Waals surface area contributed by atoms with Gasteiger partial charge in [0.2, 0.25) is 0 Å². The number of unbranched alkanes of at least 4 members (excludes halogenated alkanes) is 7. The monoisotopic (exact) mass is 294 g/mol. The van der Waals surface area contributed by atoms with Crippen LogP contribution in [0.2, 0.25) is 6.32 Å². The molecule has 1 nitrogen and oxygen atoms in total. The zero-order valence-corrected chi connectivity index (χ0v) is 15.1. The van der Waals surface area contributed by atoms with Gasteiger partial charge in [-0.2, -0.15) is 0 Å². The highest BCUT2D eigenvalue weighted by Crippen LogP contribution is 2.38. The van der Waals surface area contributed by atoms with Gasteiger partial charge in [0.05, 0.1) is 0 Å². The zero-order chi connectivity index (χ0) is 15.4. The van der Waals surface area contributed by atoms with Gasteiger partial charge in [-0.1, -0.05) is 78.6 Å². The van der Waals surface area contributed by atoms with E-state index < -0.39 is 0 Å². The molecule has 21 heavy (non-hydrogen) atoms. The van der Waals surface area contributed by atoms with E-state index in [2.05, 4.69) is 20.8 Å². The summed E-state index contributed by atoms with van der Waals surface area (Å²) < 4.78 is 5.92. The van der Waals surface area contributed by atoms with E-state index in [1.54, 1.807) is 0 Å². The minimum Gasteiger partial charge on any atom is -0.437 e. The van der Waals surface area contributed by atoms with Gasteiger partial charge < -0.3 is 4.65 Å². The zero-order valence-electron chi connectivity index (χ0n) is 15.1. The first kappa shape index (κ1) is 19.1. The first-order valence-corrected chi connectivity index (χ1v) is 9.82. The molecule has 0 aromatic rings. The highest BCUT2D eigenvalue weighted by atomic mass is 16.4. The third-order valence-corrected chi connectivity index (χ3v) is 5.26. The molecule has 0 amide bonds. The maximum atomic E-state index is 5.92. The average molecular weight is 294 g/mol. The summed E-state index contributed by atoms with van der Waals surface area (Å²) in [6.07, 6.45) is 20.0. The lowest BCUT2D eigenvalue weighted by molar-refractivity contribution is 0.126. The molecule has 0 radical (unpaired) electrons. The Hall–Kier alpha value is 0.0249. The van der Waals surface area contributed by atoms with E-state index in [-0.39, 0.29) is 0 Å². The first-order valence-electron chi connectivity index (χ1n) is 9.82. The molecular weight excluding hydrogens is 255 g/mol. The minimum absolute atomic E-state index is 0.537. The summed E-state index contributed by atoms with van der Waals surface area (Å²) in [5.41, 5.74) is 0.537. The van der Waals surface area contributed by atoms with Crippen LogP contribution in [0, 0.1) is 5.41 Å². The largest absolute Gasteiger partial charge is 0.437 e. The molecule has 0 aliphatic carbocycles. The SMILES string of the molecule is CCCCCCCC(C)(CCCCCC)CC1CCBO1. The third kappa shape index (κ3) is 8.91. The molecule has 1 aliphatic rings. The van der Waals surface area contributed by atoms with Crippen LogP contribution in [0.1, 0.15) is 104 Å². The topological polar surface area (TPSA) is 9.23 Å². The van der Waals surface area contributed by atoms with Crippen molar-refractivity contribution in [3.63, 3.8) is 0 Å². The van der Waals surface area contributed by atoms with Crippen LogP contribution in [-0.2, 0) is 4.65 Å². The van der Waals surface area contributed by atoms with Crippen molar-refractivity contribution in [2.24, 2.45) is 5.41 Å². The summed E-state index contributed by atoms with van der Waals surface area (Å²) in [7, 11) is 1.01. The van der Waals surface area contributed by atoms with E-state index >= 15 is 0 Å². The fourth-order valence-electron chi connectivity index (χ4n) is 3.82. The van der Waals surface area contributed by atoms with Gasteiger partial charge >= 0.3 is 0 Å². The number of rotatable bonds is 13. The summed E-state index contributed by atoms with van der Waals surface area (Å²) in [5.74, 6) is 0. The van der Waals surface area contributed by atoms with E-state index in [0.717, 1.165) is 7.48 Å². The molecule has 0 aromatic heterocycles. The van der Waals surface area contributed by atoms with Crippen LogP contribution in [0.4, 0.5) is 0 Å². The Bertz CT molecular complexity index is 238. The molecule has 1 aliphatic heterocycles. The molecule has 0 spiro atoms. The first-order chi connectivity index (χ1) is 10.2. The molecule has 2 heteroatoms. The molecule has 0 saturated carbocycles. The smallest absolute Gasteiger partial charge is 0.275 e. The quantitative estimate of drug-likeness (QED) is 0.287. The molecule has 0 bridgehead atoms. The van der Waals surface area contributed by atoms with Gasteiger partial charge in [0.15, 0.2) is 0 Å². The normalized spacial score (nSPS) is 21.2. The summed E-state index contributed by atoms with van der Waals surface area (Å²) in [6, 6.07) is 0. The standard InChI is InChI=1S/C19H39BO/c1-4-6-8-10-12-15-19(3,14-11-9-7-5-2)17-18-13-16-20-21-18/h18,20H,4-17H2,1-3H3. The summed E-state index contributed by atoms with van der Waals surface area (Å²) in [6.45, 7) is 7.15. The van der Waals surface area contributed by atoms with Crippen molar-refractivity contribution in [2.45, 2.75) is 117 Å². The predicted octanol–water partition coefficient (Wildman–Crippen LogP) is 6.27. The van der Waals surface area contributed by atoms with Crippen LogP contribution in [0.5, 0.6) is 0 Å². The lowest BCUT2D eigenvalue weighted by Gasteiger charge is -2.33. The van der Waals surface area contributed by atoms with Crippen molar-refractivity contribution < 1.29 is 4.65 Å². The lowest BCUT2D eigenvalue weighted by atomic mass is 9.75. The summed E-state index contributed by atoms with van der Waals surface area (Å²) in [4.78, 5) is 0. The molecule has 1 saturated heterocycles. The number of hydrogen-bond donors (Lipinski definition) is 0. The Morgan fingerprint density at radius 1 is 0.905 bits per heavy atom. The van der Waals surface area contributed by atoms with Crippen LogP contribution in [0.15, 0.2) is 0 Å². The Morgan fingerprint density at radius 3 is 2.00 bits per heavy atom. The summed E-state index contributed by atoms with van der Waals surface area (Å²) >= 11 is 0. The Labute approximate surface area is 134 Å². The van der Waals surface area contributed by atoms with Crippen molar-refractivity contribution in [1.82, 2.24) is 0 Å². The second kappa shape index (κ2) is 11.6. The van der Waals surface area contributed by atoms with Gasteiger partial charge in [-0.15, -0.1) is 0 Å². The average Bonchev–Trinajstić information content (AvgIpc) is 2.96. The van der Waals surface area contributed by atoms with Crippen molar-refractivity contribution >= 4 is 7.48 Å². The Morgan fingerprint density at radius 2 is 1.48 bits per heavy atom. The van der Waals surface area contributed by atoms with Crippen LogP contribution in [0.3, 0.4) is 0 Å². The number of hydrogen-bond acceptors (Lipinski definition) is 1. The van der Waals surface area contributed by atoms with E-state index in [1.165, 1.54) is 89.8 Å². The maximum Gasteiger partial charge on any atom is 0.275 e. The van der Waals surface area contributed by atoms with Gasteiger partial charge in [0, 0.05) is 6.10 Å². The summed E-state index contributed by atoms with van der Waals surface area (Å²) in [5, 5.41) is 0. The molecule has 0 aromatic carbocycles. The van der Waals surface area contributed by atoms with Gasteiger partial charge in [0.25, 0.3) is 7.48 Å². The van der Waals surface area contributed by atoms with Gasteiger partial charge in [-0.3, -0.25) is 0 Å². The minimum atomic E-state index is 0.537. The molecule has 1 fully saturated rings. The molecular formula is C19H39BO. The van der Waals surface area contributed by atoms with Crippen molar-refractivity contribution in [2.75, 3.05) is 0 Å². The Kier molecular flexibility index (Phi) is 10.5. The maximum absolute atomic E-state index is 5.92. The fourth-order valence-corrected chi connectivity index (χ4v) is 3.82.